The minimum absolute atomic E-state index is 0.194. The molecule has 0 aromatic heterocycles. The molecular weight excluding hydrogens is 168 g/mol. The van der Waals surface area contributed by atoms with E-state index in [2.05, 4.69) is 6.58 Å². The van der Waals surface area contributed by atoms with Crippen LogP contribution in [0.1, 0.15) is 20.8 Å². The molecule has 1 fully saturated rings. The molecule has 4 nitrogen and oxygen atoms in total. The van der Waals surface area contributed by atoms with E-state index in [-0.39, 0.29) is 11.8 Å². The van der Waals surface area contributed by atoms with Crippen molar-refractivity contribution in [3.8, 4) is 0 Å². The minimum atomic E-state index is -0.951. The third kappa shape index (κ3) is 1.13. The van der Waals surface area contributed by atoms with Crippen LogP contribution in [0.25, 0.3) is 0 Å². The van der Waals surface area contributed by atoms with Gasteiger partial charge in [0.2, 0.25) is 0 Å². The van der Waals surface area contributed by atoms with Crippen molar-refractivity contribution in [1.82, 2.24) is 10.0 Å². The van der Waals surface area contributed by atoms with Crippen molar-refractivity contribution in [3.05, 3.63) is 12.3 Å². The molecule has 0 aromatic rings. The summed E-state index contributed by atoms with van der Waals surface area (Å²) in [6, 6.07) is 0. The summed E-state index contributed by atoms with van der Waals surface area (Å²) < 4.78 is 0. The lowest BCUT2D eigenvalue weighted by molar-refractivity contribution is -0.139. The number of allylic oxidation sites excluding steroid dienone is 1. The third-order valence-electron chi connectivity index (χ3n) is 2.22. The second-order valence-electron chi connectivity index (χ2n) is 3.81. The van der Waals surface area contributed by atoms with E-state index < -0.39 is 5.41 Å². The van der Waals surface area contributed by atoms with Crippen LogP contribution in [0, 0.1) is 5.41 Å². The van der Waals surface area contributed by atoms with Gasteiger partial charge in [-0.15, -0.1) is 0 Å². The molecular formula is C9H14N2O2. The molecule has 0 spiro atoms. The molecule has 0 N–H and O–H groups in total. The van der Waals surface area contributed by atoms with E-state index >= 15 is 0 Å². The van der Waals surface area contributed by atoms with Crippen molar-refractivity contribution in [2.24, 2.45) is 5.41 Å². The number of hydrazine groups is 1. The van der Waals surface area contributed by atoms with Crippen LogP contribution in [0.5, 0.6) is 0 Å². The smallest absolute Gasteiger partial charge is 0.260 e. The fourth-order valence-corrected chi connectivity index (χ4v) is 1.42. The number of nitrogens with zero attached hydrogens (tertiary/aromatic N) is 2. The molecule has 4 heteroatoms. The van der Waals surface area contributed by atoms with Gasteiger partial charge in [-0.1, -0.05) is 6.58 Å². The van der Waals surface area contributed by atoms with E-state index in [0.29, 0.717) is 5.70 Å². The Bertz CT molecular complexity index is 294. The highest BCUT2D eigenvalue weighted by Gasteiger charge is 2.50. The number of hydrogen-bond donors (Lipinski definition) is 0. The van der Waals surface area contributed by atoms with Crippen LogP contribution in [0.2, 0.25) is 0 Å². The molecule has 0 atom stereocenters. The Hall–Kier alpha value is -1.32. The second kappa shape index (κ2) is 2.58. The lowest BCUT2D eigenvalue weighted by Gasteiger charge is -2.23. The zero-order valence-corrected chi connectivity index (χ0v) is 8.42. The highest BCUT2D eigenvalue weighted by molar-refractivity contribution is 6.09. The molecule has 0 unspecified atom stereocenters. The van der Waals surface area contributed by atoms with Gasteiger partial charge in [0.05, 0.1) is 0 Å². The van der Waals surface area contributed by atoms with Gasteiger partial charge in [-0.25, -0.2) is 10.0 Å². The second-order valence-corrected chi connectivity index (χ2v) is 3.81. The first-order valence-electron chi connectivity index (χ1n) is 4.08. The molecule has 13 heavy (non-hydrogen) atoms. The zero-order valence-electron chi connectivity index (χ0n) is 8.42. The molecule has 0 radical (unpaired) electrons. The highest BCUT2D eigenvalue weighted by atomic mass is 16.2. The number of rotatable bonds is 1. The third-order valence-corrected chi connectivity index (χ3v) is 2.22. The molecule has 0 aromatic carbocycles. The maximum atomic E-state index is 11.7. The minimum Gasteiger partial charge on any atom is -0.272 e. The zero-order chi connectivity index (χ0) is 10.4. The maximum absolute atomic E-state index is 11.7. The molecule has 2 amide bonds. The molecule has 1 aliphatic rings. The first-order chi connectivity index (χ1) is 5.80. The molecule has 1 aliphatic heterocycles. The Kier molecular flexibility index (Phi) is 1.94. The number of hydrogen-bond acceptors (Lipinski definition) is 2. The molecule has 1 rings (SSSR count). The average molecular weight is 182 g/mol. The van der Waals surface area contributed by atoms with E-state index in [1.54, 1.807) is 27.8 Å². The van der Waals surface area contributed by atoms with E-state index in [0.717, 1.165) is 0 Å². The number of carbonyl (C=O) groups is 2. The fraction of sp³-hybridized carbons (Fsp3) is 0.556. The molecule has 0 aliphatic carbocycles. The fourth-order valence-electron chi connectivity index (χ4n) is 1.42. The summed E-state index contributed by atoms with van der Waals surface area (Å²) in [4.78, 5) is 23.3. The van der Waals surface area contributed by atoms with Gasteiger partial charge in [0.25, 0.3) is 11.8 Å². The van der Waals surface area contributed by atoms with Gasteiger partial charge in [-0.3, -0.25) is 9.59 Å². The topological polar surface area (TPSA) is 40.6 Å². The Morgan fingerprint density at radius 1 is 1.31 bits per heavy atom. The van der Waals surface area contributed by atoms with Gasteiger partial charge < -0.3 is 0 Å². The largest absolute Gasteiger partial charge is 0.272 e. The van der Waals surface area contributed by atoms with E-state index in [1.807, 2.05) is 0 Å². The van der Waals surface area contributed by atoms with Crippen LogP contribution in [0.15, 0.2) is 12.3 Å². The Labute approximate surface area is 77.8 Å². The van der Waals surface area contributed by atoms with Crippen molar-refractivity contribution >= 4 is 11.8 Å². The standard InChI is InChI=1S/C9H14N2O2/c1-6(2)11-8(13)9(3,4)7(12)10(11)5/h1H2,2-5H3. The van der Waals surface area contributed by atoms with Gasteiger partial charge >= 0.3 is 0 Å². The van der Waals surface area contributed by atoms with Crippen molar-refractivity contribution in [2.45, 2.75) is 20.8 Å². The van der Waals surface area contributed by atoms with Crippen molar-refractivity contribution in [3.63, 3.8) is 0 Å². The van der Waals surface area contributed by atoms with Gasteiger partial charge in [0.15, 0.2) is 0 Å². The van der Waals surface area contributed by atoms with Gasteiger partial charge in [0.1, 0.15) is 5.41 Å². The van der Waals surface area contributed by atoms with Crippen molar-refractivity contribution in [1.29, 1.82) is 0 Å². The molecule has 1 heterocycles. The first kappa shape index (κ1) is 9.77. The highest BCUT2D eigenvalue weighted by Crippen LogP contribution is 2.31. The van der Waals surface area contributed by atoms with Crippen LogP contribution in [-0.2, 0) is 9.59 Å². The summed E-state index contributed by atoms with van der Waals surface area (Å²) >= 11 is 0. The Morgan fingerprint density at radius 2 is 1.77 bits per heavy atom. The predicted molar refractivity (Wildman–Crippen MR) is 48.2 cm³/mol. The average Bonchev–Trinajstić information content (AvgIpc) is 2.14. The van der Waals surface area contributed by atoms with Crippen molar-refractivity contribution < 1.29 is 9.59 Å². The summed E-state index contributed by atoms with van der Waals surface area (Å²) in [6.07, 6.45) is 0. The first-order valence-corrected chi connectivity index (χ1v) is 4.08. The summed E-state index contributed by atoms with van der Waals surface area (Å²) in [5.41, 5.74) is -0.389. The number of carbonyl (C=O) groups excluding carboxylic acids is 2. The quantitative estimate of drug-likeness (QED) is 0.562. The lowest BCUT2D eigenvalue weighted by atomic mass is 9.93. The molecule has 0 saturated carbocycles. The SMILES string of the molecule is C=C(C)N1C(=O)C(C)(C)C(=O)N1C. The van der Waals surface area contributed by atoms with Crippen LogP contribution >= 0.6 is 0 Å². The maximum Gasteiger partial charge on any atom is 0.260 e. The normalized spacial score (nSPS) is 21.2. The molecule has 1 saturated heterocycles. The van der Waals surface area contributed by atoms with Crippen LogP contribution in [0.3, 0.4) is 0 Å². The van der Waals surface area contributed by atoms with Crippen LogP contribution in [-0.4, -0.2) is 28.9 Å². The Morgan fingerprint density at radius 3 is 1.92 bits per heavy atom. The van der Waals surface area contributed by atoms with Gasteiger partial charge in [-0.2, -0.15) is 0 Å². The summed E-state index contributed by atoms with van der Waals surface area (Å²) in [5, 5.41) is 2.62. The predicted octanol–water partition coefficient (Wildman–Crippen LogP) is 0.762. The molecule has 72 valence electrons. The van der Waals surface area contributed by atoms with E-state index in [4.69, 9.17) is 0 Å². The summed E-state index contributed by atoms with van der Waals surface area (Å²) in [7, 11) is 1.57. The molecule has 0 bridgehead atoms. The van der Waals surface area contributed by atoms with Gasteiger partial charge in [0, 0.05) is 12.7 Å². The Balaban J connectivity index is 3.13. The van der Waals surface area contributed by atoms with Crippen LogP contribution < -0.4 is 0 Å². The monoisotopic (exact) mass is 182 g/mol. The van der Waals surface area contributed by atoms with Crippen LogP contribution in [0.4, 0.5) is 0 Å². The van der Waals surface area contributed by atoms with E-state index in [9.17, 15) is 9.59 Å². The lowest BCUT2D eigenvalue weighted by Crippen LogP contribution is -2.35. The van der Waals surface area contributed by atoms with E-state index in [1.165, 1.54) is 10.0 Å². The van der Waals surface area contributed by atoms with Gasteiger partial charge in [-0.05, 0) is 20.8 Å². The summed E-state index contributed by atoms with van der Waals surface area (Å²) in [6.45, 7) is 8.59. The summed E-state index contributed by atoms with van der Waals surface area (Å²) in [5.74, 6) is -0.409. The number of amides is 2. The van der Waals surface area contributed by atoms with Crippen molar-refractivity contribution in [2.75, 3.05) is 7.05 Å².